The second-order valence-corrected chi connectivity index (χ2v) is 5.62. The Balaban J connectivity index is 1.71. The molecule has 0 aliphatic carbocycles. The van der Waals surface area contributed by atoms with E-state index in [1.807, 2.05) is 42.5 Å². The minimum atomic E-state index is 0.447. The number of aromatic nitrogens is 6. The summed E-state index contributed by atoms with van der Waals surface area (Å²) in [5.74, 6) is 1.86. The number of methoxy groups -OCH3 is 2. The highest BCUT2D eigenvalue weighted by molar-refractivity contribution is 5.72. The molecule has 0 saturated carbocycles. The molecule has 4 rings (SSSR count). The van der Waals surface area contributed by atoms with Crippen molar-refractivity contribution in [2.45, 2.75) is 0 Å². The first kappa shape index (κ1) is 16.6. The molecular formula is C19H16N6O2. The SMILES string of the molecule is COc1ccc(-c2cncc(-n3nnc(-c4ccccn4)n3)c2)c(OC)c1. The van der Waals surface area contributed by atoms with Crippen LogP contribution in [0, 0.1) is 0 Å². The molecule has 1 aromatic carbocycles. The summed E-state index contributed by atoms with van der Waals surface area (Å²) in [6.45, 7) is 0. The van der Waals surface area contributed by atoms with Gasteiger partial charge in [-0.2, -0.15) is 0 Å². The van der Waals surface area contributed by atoms with Gasteiger partial charge in [0.05, 0.1) is 20.4 Å². The van der Waals surface area contributed by atoms with Gasteiger partial charge in [0.1, 0.15) is 22.9 Å². The molecule has 27 heavy (non-hydrogen) atoms. The van der Waals surface area contributed by atoms with E-state index in [1.165, 1.54) is 4.80 Å². The van der Waals surface area contributed by atoms with E-state index in [-0.39, 0.29) is 0 Å². The monoisotopic (exact) mass is 360 g/mol. The van der Waals surface area contributed by atoms with Gasteiger partial charge in [0.15, 0.2) is 0 Å². The predicted molar refractivity (Wildman–Crippen MR) is 98.7 cm³/mol. The van der Waals surface area contributed by atoms with Gasteiger partial charge in [-0.1, -0.05) is 6.07 Å². The van der Waals surface area contributed by atoms with E-state index in [0.29, 0.717) is 23.0 Å². The largest absolute Gasteiger partial charge is 0.497 e. The molecule has 8 heteroatoms. The number of hydrogen-bond acceptors (Lipinski definition) is 7. The van der Waals surface area contributed by atoms with E-state index in [0.717, 1.165) is 16.9 Å². The Hall–Kier alpha value is -3.81. The van der Waals surface area contributed by atoms with Gasteiger partial charge in [0, 0.05) is 29.6 Å². The van der Waals surface area contributed by atoms with Gasteiger partial charge in [0.25, 0.3) is 0 Å². The third kappa shape index (κ3) is 3.32. The van der Waals surface area contributed by atoms with Crippen molar-refractivity contribution in [1.29, 1.82) is 0 Å². The summed E-state index contributed by atoms with van der Waals surface area (Å²) in [4.78, 5) is 9.97. The molecule has 8 nitrogen and oxygen atoms in total. The second-order valence-electron chi connectivity index (χ2n) is 5.62. The van der Waals surface area contributed by atoms with Crippen molar-refractivity contribution in [3.05, 3.63) is 61.1 Å². The van der Waals surface area contributed by atoms with Crippen molar-refractivity contribution in [2.24, 2.45) is 0 Å². The van der Waals surface area contributed by atoms with Crippen LogP contribution in [0.3, 0.4) is 0 Å². The maximum Gasteiger partial charge on any atom is 0.223 e. The Labute approximate surface area is 155 Å². The zero-order valence-corrected chi connectivity index (χ0v) is 14.8. The van der Waals surface area contributed by atoms with E-state index in [9.17, 15) is 0 Å². The standard InChI is InChI=1S/C19H16N6O2/c1-26-15-6-7-16(18(10-15)27-2)13-9-14(12-20-11-13)25-23-19(22-24-25)17-5-3-4-8-21-17/h3-12H,1-2H3. The number of rotatable bonds is 5. The average molecular weight is 360 g/mol. The second kappa shape index (κ2) is 7.20. The van der Waals surface area contributed by atoms with E-state index >= 15 is 0 Å². The lowest BCUT2D eigenvalue weighted by atomic mass is 10.1. The van der Waals surface area contributed by atoms with Crippen LogP contribution in [0.1, 0.15) is 0 Å². The van der Waals surface area contributed by atoms with Gasteiger partial charge in [-0.05, 0) is 35.5 Å². The third-order valence-corrected chi connectivity index (χ3v) is 3.98. The summed E-state index contributed by atoms with van der Waals surface area (Å²) in [5.41, 5.74) is 3.09. The van der Waals surface area contributed by atoms with Crippen molar-refractivity contribution in [3.63, 3.8) is 0 Å². The Bertz CT molecular complexity index is 1060. The quantitative estimate of drug-likeness (QED) is 0.541. The Kier molecular flexibility index (Phi) is 4.44. The number of pyridine rings is 2. The summed E-state index contributed by atoms with van der Waals surface area (Å²) in [6, 6.07) is 13.1. The van der Waals surface area contributed by atoms with E-state index in [2.05, 4.69) is 25.4 Å². The molecular weight excluding hydrogens is 344 g/mol. The molecule has 0 N–H and O–H groups in total. The summed E-state index contributed by atoms with van der Waals surface area (Å²) in [6.07, 6.45) is 5.11. The lowest BCUT2D eigenvalue weighted by Crippen LogP contribution is -2.00. The summed E-state index contributed by atoms with van der Waals surface area (Å²) >= 11 is 0. The molecule has 0 bridgehead atoms. The average Bonchev–Trinajstić information content (AvgIpc) is 3.24. The molecule has 4 aromatic rings. The first-order valence-electron chi connectivity index (χ1n) is 8.18. The zero-order valence-electron chi connectivity index (χ0n) is 14.8. The van der Waals surface area contributed by atoms with Crippen LogP contribution in [0.15, 0.2) is 61.1 Å². The van der Waals surface area contributed by atoms with E-state index < -0.39 is 0 Å². The van der Waals surface area contributed by atoms with Crippen molar-refractivity contribution in [1.82, 2.24) is 30.2 Å². The Morgan fingerprint density at radius 2 is 1.89 bits per heavy atom. The lowest BCUT2D eigenvalue weighted by molar-refractivity contribution is 0.395. The molecule has 0 unspecified atom stereocenters. The van der Waals surface area contributed by atoms with Crippen LogP contribution in [-0.2, 0) is 0 Å². The van der Waals surface area contributed by atoms with E-state index in [1.54, 1.807) is 32.8 Å². The normalized spacial score (nSPS) is 10.6. The van der Waals surface area contributed by atoms with Gasteiger partial charge >= 0.3 is 0 Å². The number of ether oxygens (including phenoxy) is 2. The zero-order chi connectivity index (χ0) is 18.6. The molecule has 0 radical (unpaired) electrons. The summed E-state index contributed by atoms with van der Waals surface area (Å²) in [7, 11) is 3.24. The number of nitrogens with zero attached hydrogens (tertiary/aromatic N) is 6. The smallest absolute Gasteiger partial charge is 0.223 e. The minimum Gasteiger partial charge on any atom is -0.497 e. The van der Waals surface area contributed by atoms with Crippen LogP contribution in [0.5, 0.6) is 11.5 Å². The highest BCUT2D eigenvalue weighted by atomic mass is 16.5. The van der Waals surface area contributed by atoms with Crippen molar-refractivity contribution < 1.29 is 9.47 Å². The first-order chi connectivity index (χ1) is 13.3. The lowest BCUT2D eigenvalue weighted by Gasteiger charge is -2.11. The molecule has 0 atom stereocenters. The van der Waals surface area contributed by atoms with Gasteiger partial charge in [-0.3, -0.25) is 9.97 Å². The first-order valence-corrected chi connectivity index (χ1v) is 8.18. The van der Waals surface area contributed by atoms with Crippen LogP contribution in [0.25, 0.3) is 28.3 Å². The number of tetrazole rings is 1. The van der Waals surface area contributed by atoms with Gasteiger partial charge in [0.2, 0.25) is 5.82 Å². The van der Waals surface area contributed by atoms with Crippen LogP contribution in [0.2, 0.25) is 0 Å². The van der Waals surface area contributed by atoms with Gasteiger partial charge in [-0.15, -0.1) is 15.0 Å². The number of hydrogen-bond donors (Lipinski definition) is 0. The highest BCUT2D eigenvalue weighted by Gasteiger charge is 2.12. The fraction of sp³-hybridized carbons (Fsp3) is 0.105. The van der Waals surface area contributed by atoms with Crippen molar-refractivity contribution in [2.75, 3.05) is 14.2 Å². The van der Waals surface area contributed by atoms with E-state index in [4.69, 9.17) is 9.47 Å². The van der Waals surface area contributed by atoms with Crippen molar-refractivity contribution in [3.8, 4) is 39.8 Å². The van der Waals surface area contributed by atoms with Crippen molar-refractivity contribution >= 4 is 0 Å². The third-order valence-electron chi connectivity index (χ3n) is 3.98. The topological polar surface area (TPSA) is 87.8 Å². The van der Waals surface area contributed by atoms with Gasteiger partial charge < -0.3 is 9.47 Å². The molecule has 0 aliphatic heterocycles. The summed E-state index contributed by atoms with van der Waals surface area (Å²) in [5, 5.41) is 12.6. The molecule has 0 fully saturated rings. The molecule has 0 aliphatic rings. The van der Waals surface area contributed by atoms with Crippen LogP contribution < -0.4 is 9.47 Å². The predicted octanol–water partition coefficient (Wildman–Crippen LogP) is 2.80. The minimum absolute atomic E-state index is 0.447. The number of benzene rings is 1. The molecule has 0 saturated heterocycles. The fourth-order valence-electron chi connectivity index (χ4n) is 2.64. The Morgan fingerprint density at radius 3 is 2.67 bits per heavy atom. The maximum absolute atomic E-state index is 5.48. The van der Waals surface area contributed by atoms with Gasteiger partial charge in [-0.25, -0.2) is 0 Å². The fourth-order valence-corrected chi connectivity index (χ4v) is 2.64. The molecule has 3 aromatic heterocycles. The molecule has 3 heterocycles. The van der Waals surface area contributed by atoms with Crippen LogP contribution in [-0.4, -0.2) is 44.4 Å². The van der Waals surface area contributed by atoms with Crippen LogP contribution >= 0.6 is 0 Å². The molecule has 134 valence electrons. The highest BCUT2D eigenvalue weighted by Crippen LogP contribution is 2.33. The Morgan fingerprint density at radius 1 is 0.963 bits per heavy atom. The molecule has 0 spiro atoms. The molecule has 0 amide bonds. The van der Waals surface area contributed by atoms with Crippen LogP contribution in [0.4, 0.5) is 0 Å². The maximum atomic E-state index is 5.48. The summed E-state index contributed by atoms with van der Waals surface area (Å²) < 4.78 is 10.7.